The molecule has 0 amide bonds. The van der Waals surface area contributed by atoms with E-state index in [9.17, 15) is 5.11 Å². The van der Waals surface area contributed by atoms with E-state index >= 15 is 0 Å². The molecule has 4 heteroatoms. The lowest BCUT2D eigenvalue weighted by Gasteiger charge is -2.26. The minimum Gasteiger partial charge on any atom is -0.394 e. The van der Waals surface area contributed by atoms with Crippen molar-refractivity contribution in [3.8, 4) is 0 Å². The number of fused-ring (bicyclic) bond motifs is 1. The van der Waals surface area contributed by atoms with E-state index in [4.69, 9.17) is 10.5 Å². The van der Waals surface area contributed by atoms with Gasteiger partial charge in [-0.25, -0.2) is 0 Å². The summed E-state index contributed by atoms with van der Waals surface area (Å²) >= 11 is 1.76. The highest BCUT2D eigenvalue weighted by Crippen LogP contribution is 2.40. The number of nitrogens with two attached hydrogens (primary N) is 1. The molecule has 0 saturated heterocycles. The molecule has 1 aromatic heterocycles. The Hall–Kier alpha value is -1.20. The molecule has 0 radical (unpaired) electrons. The molecule has 2 aliphatic rings. The van der Waals surface area contributed by atoms with Crippen LogP contribution in [0.1, 0.15) is 53.2 Å². The van der Waals surface area contributed by atoms with Crippen molar-refractivity contribution in [1.82, 2.24) is 0 Å². The summed E-state index contributed by atoms with van der Waals surface area (Å²) in [6, 6.07) is 11.2. The summed E-state index contributed by atoms with van der Waals surface area (Å²) in [7, 11) is 0. The third-order valence-corrected chi connectivity index (χ3v) is 7.02. The molecule has 2 aromatic rings. The molecule has 0 spiro atoms. The van der Waals surface area contributed by atoms with Crippen LogP contribution in [0.15, 0.2) is 35.7 Å². The van der Waals surface area contributed by atoms with Crippen molar-refractivity contribution in [3.05, 3.63) is 57.3 Å². The number of aryl methyl sites for hydroxylation is 1. The minimum atomic E-state index is -0.369. The Labute approximate surface area is 160 Å². The maximum Gasteiger partial charge on any atom is 0.0809 e. The third-order valence-electron chi connectivity index (χ3n) is 6.17. The Morgan fingerprint density at radius 1 is 1.23 bits per heavy atom. The first-order chi connectivity index (χ1) is 12.6. The second-order valence-electron chi connectivity index (χ2n) is 8.19. The molecule has 1 saturated carbocycles. The van der Waals surface area contributed by atoms with Crippen LogP contribution in [0.25, 0.3) is 0 Å². The molecule has 140 valence electrons. The number of benzene rings is 1. The van der Waals surface area contributed by atoms with Gasteiger partial charge in [0, 0.05) is 10.4 Å². The number of ether oxygens (including phenoxy) is 1. The molecule has 1 fully saturated rings. The quantitative estimate of drug-likeness (QED) is 0.806. The van der Waals surface area contributed by atoms with Gasteiger partial charge in [0.05, 0.1) is 19.8 Å². The van der Waals surface area contributed by atoms with Crippen molar-refractivity contribution in [2.75, 3.05) is 13.2 Å². The SMILES string of the molecule is N[C@]1(CO)CC[C@H](c2ccc3c(c2)CC[C@@H](COCc2cccs2)C3)C1. The summed E-state index contributed by atoms with van der Waals surface area (Å²) in [6.07, 6.45) is 6.41. The molecular formula is C22H29NO2S. The maximum absolute atomic E-state index is 9.51. The zero-order valence-corrected chi connectivity index (χ0v) is 16.1. The topological polar surface area (TPSA) is 55.5 Å². The summed E-state index contributed by atoms with van der Waals surface area (Å²) in [4.78, 5) is 1.31. The predicted octanol–water partition coefficient (Wildman–Crippen LogP) is 4.03. The van der Waals surface area contributed by atoms with Crippen LogP contribution in [-0.4, -0.2) is 23.9 Å². The van der Waals surface area contributed by atoms with Gasteiger partial charge >= 0.3 is 0 Å². The average molecular weight is 372 g/mol. The Balaban J connectivity index is 1.34. The van der Waals surface area contributed by atoms with Crippen LogP contribution >= 0.6 is 11.3 Å². The molecule has 3 atom stereocenters. The van der Waals surface area contributed by atoms with Gasteiger partial charge in [-0.1, -0.05) is 24.3 Å². The Morgan fingerprint density at radius 2 is 2.15 bits per heavy atom. The molecule has 0 unspecified atom stereocenters. The van der Waals surface area contributed by atoms with Gasteiger partial charge in [0.25, 0.3) is 0 Å². The van der Waals surface area contributed by atoms with Crippen molar-refractivity contribution in [1.29, 1.82) is 0 Å². The number of hydrogen-bond acceptors (Lipinski definition) is 4. The van der Waals surface area contributed by atoms with Crippen LogP contribution in [0, 0.1) is 5.92 Å². The van der Waals surface area contributed by atoms with Crippen LogP contribution < -0.4 is 5.73 Å². The molecule has 0 aliphatic heterocycles. The summed E-state index contributed by atoms with van der Waals surface area (Å²) in [5.74, 6) is 1.13. The standard InChI is InChI=1S/C22H29NO2S/c23-22(15-24)8-7-20(12-22)19-6-5-17-10-16(3-4-18(17)11-19)13-25-14-21-2-1-9-26-21/h1-2,5-6,9,11,16,20,24H,3-4,7-8,10,12-15,23H2/t16-,20+,22-/m1/s1. The van der Waals surface area contributed by atoms with Crippen molar-refractivity contribution in [2.24, 2.45) is 11.7 Å². The number of rotatable bonds is 6. The van der Waals surface area contributed by atoms with Crippen molar-refractivity contribution in [3.63, 3.8) is 0 Å². The average Bonchev–Trinajstić information content (AvgIpc) is 3.32. The summed E-state index contributed by atoms with van der Waals surface area (Å²) < 4.78 is 5.95. The molecule has 0 bridgehead atoms. The van der Waals surface area contributed by atoms with Crippen LogP contribution in [0.2, 0.25) is 0 Å². The maximum atomic E-state index is 9.51. The summed E-state index contributed by atoms with van der Waals surface area (Å²) in [5.41, 5.74) is 10.3. The molecule has 3 nitrogen and oxygen atoms in total. The van der Waals surface area contributed by atoms with Crippen LogP contribution in [0.3, 0.4) is 0 Å². The number of thiophene rings is 1. The Kier molecular flexibility index (Phi) is 5.46. The molecule has 1 aromatic carbocycles. The highest BCUT2D eigenvalue weighted by Gasteiger charge is 2.36. The Bertz CT molecular complexity index is 730. The van der Waals surface area contributed by atoms with Gasteiger partial charge in [-0.05, 0) is 78.5 Å². The molecular weight excluding hydrogens is 342 g/mol. The first kappa shape index (κ1) is 18.2. The van der Waals surface area contributed by atoms with Gasteiger partial charge in [0.2, 0.25) is 0 Å². The fourth-order valence-corrected chi connectivity index (χ4v) is 5.19. The molecule has 4 rings (SSSR count). The monoisotopic (exact) mass is 371 g/mol. The van der Waals surface area contributed by atoms with Crippen molar-refractivity contribution in [2.45, 2.75) is 56.6 Å². The van der Waals surface area contributed by atoms with E-state index in [0.29, 0.717) is 11.8 Å². The molecule has 3 N–H and O–H groups in total. The van der Waals surface area contributed by atoms with Gasteiger partial charge in [-0.3, -0.25) is 0 Å². The normalized spacial score (nSPS) is 28.2. The number of aliphatic hydroxyl groups excluding tert-OH is 1. The lowest BCUT2D eigenvalue weighted by Crippen LogP contribution is -2.40. The van der Waals surface area contributed by atoms with Gasteiger partial charge < -0.3 is 15.6 Å². The Morgan fingerprint density at radius 3 is 2.92 bits per heavy atom. The van der Waals surface area contributed by atoms with E-state index in [-0.39, 0.29) is 12.1 Å². The lowest BCUT2D eigenvalue weighted by molar-refractivity contribution is 0.0840. The van der Waals surface area contributed by atoms with E-state index in [1.165, 1.54) is 28.0 Å². The first-order valence-corrected chi connectivity index (χ1v) is 10.6. The van der Waals surface area contributed by atoms with Crippen LogP contribution in [-0.2, 0) is 24.2 Å². The largest absolute Gasteiger partial charge is 0.394 e. The third kappa shape index (κ3) is 4.04. The molecule has 26 heavy (non-hydrogen) atoms. The molecule has 2 aliphatic carbocycles. The van der Waals surface area contributed by atoms with Gasteiger partial charge in [-0.2, -0.15) is 0 Å². The van der Waals surface area contributed by atoms with Crippen LogP contribution in [0.4, 0.5) is 0 Å². The van der Waals surface area contributed by atoms with Crippen LogP contribution in [0.5, 0.6) is 0 Å². The minimum absolute atomic E-state index is 0.0988. The summed E-state index contributed by atoms with van der Waals surface area (Å²) in [5, 5.41) is 11.6. The zero-order chi connectivity index (χ0) is 18.0. The second-order valence-corrected chi connectivity index (χ2v) is 9.22. The smallest absolute Gasteiger partial charge is 0.0809 e. The first-order valence-electron chi connectivity index (χ1n) is 9.77. The lowest BCUT2D eigenvalue weighted by atomic mass is 9.82. The van der Waals surface area contributed by atoms with Crippen molar-refractivity contribution < 1.29 is 9.84 Å². The summed E-state index contributed by atoms with van der Waals surface area (Å²) in [6.45, 7) is 1.70. The molecule has 1 heterocycles. The van der Waals surface area contributed by atoms with E-state index in [2.05, 4.69) is 35.7 Å². The van der Waals surface area contributed by atoms with E-state index in [1.54, 1.807) is 11.3 Å². The van der Waals surface area contributed by atoms with E-state index < -0.39 is 0 Å². The van der Waals surface area contributed by atoms with Gasteiger partial charge in [0.15, 0.2) is 0 Å². The van der Waals surface area contributed by atoms with Gasteiger partial charge in [-0.15, -0.1) is 11.3 Å². The van der Waals surface area contributed by atoms with Gasteiger partial charge in [0.1, 0.15) is 0 Å². The zero-order valence-electron chi connectivity index (χ0n) is 15.3. The fraction of sp³-hybridized carbons (Fsp3) is 0.545. The highest BCUT2D eigenvalue weighted by atomic mass is 32.1. The van der Waals surface area contributed by atoms with Crippen molar-refractivity contribution >= 4 is 11.3 Å². The fourth-order valence-electron chi connectivity index (χ4n) is 4.55. The number of aliphatic hydroxyl groups is 1. The number of hydrogen-bond donors (Lipinski definition) is 2. The van der Waals surface area contributed by atoms with E-state index in [1.807, 2.05) is 0 Å². The second kappa shape index (κ2) is 7.81. The van der Waals surface area contributed by atoms with E-state index in [0.717, 1.165) is 45.3 Å². The highest BCUT2D eigenvalue weighted by molar-refractivity contribution is 7.09. The predicted molar refractivity (Wildman–Crippen MR) is 107 cm³/mol.